The first-order valence-corrected chi connectivity index (χ1v) is 7.31. The number of hydrogen-bond donors (Lipinski definition) is 0. The van der Waals surface area contributed by atoms with Crippen LogP contribution in [-0.2, 0) is 5.41 Å². The summed E-state index contributed by atoms with van der Waals surface area (Å²) < 4.78 is 12.9. The molecule has 0 nitrogen and oxygen atoms in total. The van der Waals surface area contributed by atoms with E-state index in [4.69, 9.17) is 0 Å². The second-order valence-electron chi connectivity index (χ2n) is 6.87. The highest BCUT2D eigenvalue weighted by Gasteiger charge is 2.39. The Balaban J connectivity index is 1.74. The van der Waals surface area contributed by atoms with Gasteiger partial charge in [-0.05, 0) is 52.5 Å². The summed E-state index contributed by atoms with van der Waals surface area (Å²) in [6.45, 7) is 6.71. The fraction of sp³-hybridized carbons (Fsp3) is 0.368. The molecule has 3 rings (SSSR count). The first-order valence-electron chi connectivity index (χ1n) is 7.31. The smallest absolute Gasteiger partial charge is 0.123 e. The molecule has 1 aliphatic carbocycles. The molecule has 0 unspecified atom stereocenters. The monoisotopic (exact) mass is 268 g/mol. The van der Waals surface area contributed by atoms with Gasteiger partial charge in [0.1, 0.15) is 5.82 Å². The maximum atomic E-state index is 12.9. The van der Waals surface area contributed by atoms with Gasteiger partial charge in [-0.25, -0.2) is 4.39 Å². The molecule has 0 aromatic heterocycles. The predicted molar refractivity (Wildman–Crippen MR) is 81.6 cm³/mol. The van der Waals surface area contributed by atoms with Crippen molar-refractivity contribution >= 4 is 0 Å². The SMILES string of the molecule is CC(C)(C)c1ccc([C@@H]2C[C@@H]2c2ccc(F)cc2)cc1. The molecule has 0 aliphatic heterocycles. The molecule has 0 amide bonds. The summed E-state index contributed by atoms with van der Waals surface area (Å²) in [5.74, 6) is 1.02. The summed E-state index contributed by atoms with van der Waals surface area (Å²) in [6, 6.07) is 16.0. The van der Waals surface area contributed by atoms with E-state index in [1.54, 1.807) is 12.1 Å². The fourth-order valence-electron chi connectivity index (χ4n) is 2.87. The Bertz CT molecular complexity index is 587. The van der Waals surface area contributed by atoms with E-state index in [-0.39, 0.29) is 11.2 Å². The van der Waals surface area contributed by atoms with E-state index >= 15 is 0 Å². The minimum atomic E-state index is -0.152. The molecule has 2 aromatic rings. The van der Waals surface area contributed by atoms with Gasteiger partial charge in [-0.2, -0.15) is 0 Å². The Hall–Kier alpha value is -1.63. The molecule has 1 aliphatic rings. The van der Waals surface area contributed by atoms with Gasteiger partial charge in [-0.15, -0.1) is 0 Å². The maximum Gasteiger partial charge on any atom is 0.123 e. The minimum Gasteiger partial charge on any atom is -0.207 e. The van der Waals surface area contributed by atoms with Crippen LogP contribution in [-0.4, -0.2) is 0 Å². The van der Waals surface area contributed by atoms with Crippen LogP contribution < -0.4 is 0 Å². The Kier molecular flexibility index (Phi) is 3.16. The number of halogens is 1. The van der Waals surface area contributed by atoms with Crippen LogP contribution in [0, 0.1) is 5.82 Å². The number of rotatable bonds is 2. The lowest BCUT2D eigenvalue weighted by molar-refractivity contribution is 0.590. The van der Waals surface area contributed by atoms with Gasteiger partial charge in [0, 0.05) is 0 Å². The normalized spacial score (nSPS) is 21.8. The van der Waals surface area contributed by atoms with E-state index in [1.165, 1.54) is 23.1 Å². The first kappa shape index (κ1) is 13.4. The van der Waals surface area contributed by atoms with Gasteiger partial charge in [0.15, 0.2) is 0 Å². The van der Waals surface area contributed by atoms with Crippen molar-refractivity contribution in [3.05, 3.63) is 71.0 Å². The lowest BCUT2D eigenvalue weighted by atomic mass is 9.86. The Morgan fingerprint density at radius 1 is 0.800 bits per heavy atom. The number of hydrogen-bond acceptors (Lipinski definition) is 0. The van der Waals surface area contributed by atoms with Crippen molar-refractivity contribution in [2.45, 2.75) is 44.4 Å². The molecule has 1 fully saturated rings. The second kappa shape index (κ2) is 4.73. The summed E-state index contributed by atoms with van der Waals surface area (Å²) in [6.07, 6.45) is 1.18. The largest absolute Gasteiger partial charge is 0.207 e. The van der Waals surface area contributed by atoms with Crippen LogP contribution in [0.15, 0.2) is 48.5 Å². The van der Waals surface area contributed by atoms with E-state index in [1.807, 2.05) is 12.1 Å². The molecule has 0 spiro atoms. The molecule has 2 aromatic carbocycles. The predicted octanol–water partition coefficient (Wildman–Crippen LogP) is 5.39. The zero-order chi connectivity index (χ0) is 14.3. The van der Waals surface area contributed by atoms with E-state index in [9.17, 15) is 4.39 Å². The van der Waals surface area contributed by atoms with Crippen molar-refractivity contribution in [1.29, 1.82) is 0 Å². The molecule has 0 bridgehead atoms. The molecule has 0 radical (unpaired) electrons. The summed E-state index contributed by atoms with van der Waals surface area (Å²) in [7, 11) is 0. The van der Waals surface area contributed by atoms with Crippen molar-refractivity contribution < 1.29 is 4.39 Å². The highest BCUT2D eigenvalue weighted by molar-refractivity contribution is 5.38. The molecule has 0 N–H and O–H groups in total. The lowest BCUT2D eigenvalue weighted by Crippen LogP contribution is -2.10. The van der Waals surface area contributed by atoms with E-state index in [2.05, 4.69) is 45.0 Å². The van der Waals surface area contributed by atoms with Crippen LogP contribution in [0.25, 0.3) is 0 Å². The van der Waals surface area contributed by atoms with Gasteiger partial charge in [0.2, 0.25) is 0 Å². The van der Waals surface area contributed by atoms with Crippen LogP contribution in [0.4, 0.5) is 4.39 Å². The van der Waals surface area contributed by atoms with Gasteiger partial charge in [0.25, 0.3) is 0 Å². The summed E-state index contributed by atoms with van der Waals surface area (Å²) in [5, 5.41) is 0. The Morgan fingerprint density at radius 3 is 1.70 bits per heavy atom. The average molecular weight is 268 g/mol. The van der Waals surface area contributed by atoms with E-state index < -0.39 is 0 Å². The summed E-state index contributed by atoms with van der Waals surface area (Å²) in [5.41, 5.74) is 4.25. The molecule has 1 heteroatoms. The van der Waals surface area contributed by atoms with Crippen molar-refractivity contribution in [2.75, 3.05) is 0 Å². The lowest BCUT2D eigenvalue weighted by Gasteiger charge is -2.19. The Labute approximate surface area is 120 Å². The van der Waals surface area contributed by atoms with Crippen molar-refractivity contribution in [1.82, 2.24) is 0 Å². The molecular weight excluding hydrogens is 247 g/mol. The number of benzene rings is 2. The van der Waals surface area contributed by atoms with Gasteiger partial charge < -0.3 is 0 Å². The van der Waals surface area contributed by atoms with Gasteiger partial charge in [0.05, 0.1) is 0 Å². The van der Waals surface area contributed by atoms with Gasteiger partial charge >= 0.3 is 0 Å². The van der Waals surface area contributed by atoms with Crippen molar-refractivity contribution in [2.24, 2.45) is 0 Å². The Morgan fingerprint density at radius 2 is 1.25 bits per heavy atom. The van der Waals surface area contributed by atoms with Gasteiger partial charge in [-0.1, -0.05) is 57.2 Å². The zero-order valence-corrected chi connectivity index (χ0v) is 12.4. The van der Waals surface area contributed by atoms with Crippen LogP contribution in [0.1, 0.15) is 55.7 Å². The van der Waals surface area contributed by atoms with Crippen LogP contribution >= 0.6 is 0 Å². The van der Waals surface area contributed by atoms with E-state index in [0.717, 1.165) is 0 Å². The molecule has 0 heterocycles. The minimum absolute atomic E-state index is 0.152. The molecule has 104 valence electrons. The molecule has 20 heavy (non-hydrogen) atoms. The van der Waals surface area contributed by atoms with Gasteiger partial charge in [-0.3, -0.25) is 0 Å². The summed E-state index contributed by atoms with van der Waals surface area (Å²) in [4.78, 5) is 0. The highest BCUT2D eigenvalue weighted by Crippen LogP contribution is 2.54. The van der Waals surface area contributed by atoms with Crippen LogP contribution in [0.5, 0.6) is 0 Å². The molecular formula is C19H21F. The third-order valence-corrected chi connectivity index (χ3v) is 4.29. The van der Waals surface area contributed by atoms with Crippen molar-refractivity contribution in [3.63, 3.8) is 0 Å². The quantitative estimate of drug-likeness (QED) is 0.684. The molecule has 0 saturated heterocycles. The fourth-order valence-corrected chi connectivity index (χ4v) is 2.87. The topological polar surface area (TPSA) is 0 Å². The van der Waals surface area contributed by atoms with E-state index in [0.29, 0.717) is 11.8 Å². The molecule has 1 saturated carbocycles. The second-order valence-corrected chi connectivity index (χ2v) is 6.87. The molecule has 2 atom stereocenters. The standard InChI is InChI=1S/C19H21F/c1-19(2,3)15-8-4-13(5-9-15)17-12-18(17)14-6-10-16(20)11-7-14/h4-11,17-18H,12H2,1-3H3/t17-,18+/m0/s1. The highest BCUT2D eigenvalue weighted by atomic mass is 19.1. The average Bonchev–Trinajstić information content (AvgIpc) is 3.19. The maximum absolute atomic E-state index is 12.9. The first-order chi connectivity index (χ1) is 9.45. The van der Waals surface area contributed by atoms with Crippen LogP contribution in [0.2, 0.25) is 0 Å². The third-order valence-electron chi connectivity index (χ3n) is 4.29. The van der Waals surface area contributed by atoms with Crippen LogP contribution in [0.3, 0.4) is 0 Å². The zero-order valence-electron chi connectivity index (χ0n) is 12.4. The third kappa shape index (κ3) is 2.63. The summed E-state index contributed by atoms with van der Waals surface area (Å²) >= 11 is 0. The van der Waals surface area contributed by atoms with Crippen molar-refractivity contribution in [3.8, 4) is 0 Å².